The Morgan fingerprint density at radius 2 is 1.68 bits per heavy atom. The Labute approximate surface area is 314 Å². The van der Waals surface area contributed by atoms with Crippen LogP contribution in [-0.4, -0.2) is 121 Å². The number of carboxylic acid groups (broad SMARTS) is 1. The highest BCUT2D eigenvalue weighted by Gasteiger charge is 2.45. The molecular weight excluding hydrogens is 723 g/mol. The summed E-state index contributed by atoms with van der Waals surface area (Å²) in [7, 11) is -2.35. The summed E-state index contributed by atoms with van der Waals surface area (Å²) >= 11 is 0. The number of amides is 1. The van der Waals surface area contributed by atoms with E-state index in [9.17, 15) is 40.6 Å². The van der Waals surface area contributed by atoms with E-state index >= 15 is 0 Å². The molecule has 0 saturated heterocycles. The quantitative estimate of drug-likeness (QED) is 0.0481. The van der Waals surface area contributed by atoms with Gasteiger partial charge in [-0.1, -0.05) is 18.2 Å². The van der Waals surface area contributed by atoms with E-state index in [1.807, 2.05) is 52.0 Å². The number of unbranched alkanes of at least 4 members (excludes halogenated alkanes) is 2. The van der Waals surface area contributed by atoms with Crippen LogP contribution in [0.3, 0.4) is 0 Å². The molecule has 53 heavy (non-hydrogen) atoms. The summed E-state index contributed by atoms with van der Waals surface area (Å²) in [5.74, 6) is -1.34. The molecule has 0 saturated carbocycles. The molecule has 14 nitrogen and oxygen atoms in total. The topological polar surface area (TPSA) is 194 Å². The number of fused-ring (bicyclic) bond motifs is 1. The first kappa shape index (κ1) is 43.7. The Bertz CT molecular complexity index is 1910. The zero-order valence-electron chi connectivity index (χ0n) is 32.0. The fourth-order valence-electron chi connectivity index (χ4n) is 6.58. The zero-order valence-corrected chi connectivity index (χ0v) is 33.6. The number of nitrogens with one attached hydrogen (secondary N) is 1. The average Bonchev–Trinajstić information content (AvgIpc) is 3.38. The van der Waals surface area contributed by atoms with Crippen molar-refractivity contribution in [3.63, 3.8) is 0 Å². The van der Waals surface area contributed by atoms with Gasteiger partial charge in [0.05, 0.1) is 50.3 Å². The molecule has 0 fully saturated rings. The third-order valence-electron chi connectivity index (χ3n) is 9.81. The predicted molar refractivity (Wildman–Crippen MR) is 206 cm³/mol. The standard InChI is InChI=1S/C37H55N5O9S2/c1-28-37(4,21-20-35(44)45)33(41(39-28)24-14-26-52(46,47)48)16-11-8-10-15-32-36(2,3)30-27-29(53(49,50)51)18-19-31(30)40(32)23-13-9-12-17-34(43)38-22-25-42(5,6)7/h8,10-11,15-16,18-19,27H,9,12-14,17,20-26H2,1-7H3,(H2-2,38,43,44,45,46,47,48,49,50,51)/p+2. The zero-order chi connectivity index (χ0) is 39.8. The summed E-state index contributed by atoms with van der Waals surface area (Å²) in [6.45, 7) is 9.98. The van der Waals surface area contributed by atoms with Gasteiger partial charge in [0, 0.05) is 60.3 Å². The summed E-state index contributed by atoms with van der Waals surface area (Å²) in [6.07, 6.45) is 12.3. The fraction of sp³-hybridized carbons (Fsp3) is 0.568. The molecule has 2 aliphatic rings. The molecule has 0 aromatic heterocycles. The van der Waals surface area contributed by atoms with Crippen molar-refractivity contribution in [2.24, 2.45) is 10.5 Å². The molecule has 4 N–H and O–H groups in total. The number of carbonyl (C=O) groups is 2. The number of aliphatic carboxylic acids is 1. The van der Waals surface area contributed by atoms with Crippen LogP contribution in [0, 0.1) is 5.41 Å². The number of hydrazone groups is 1. The smallest absolute Gasteiger partial charge is 0.303 e. The monoisotopic (exact) mass is 779 g/mol. The number of hydrogen-bond donors (Lipinski definition) is 4. The van der Waals surface area contributed by atoms with Gasteiger partial charge in [0.1, 0.15) is 6.54 Å². The highest BCUT2D eigenvalue weighted by atomic mass is 32.2. The lowest BCUT2D eigenvalue weighted by molar-refractivity contribution is -0.869. The minimum Gasteiger partial charge on any atom is -0.481 e. The first-order valence-corrected chi connectivity index (χ1v) is 20.9. The lowest BCUT2D eigenvalue weighted by Gasteiger charge is -2.28. The maximum absolute atomic E-state index is 12.3. The summed E-state index contributed by atoms with van der Waals surface area (Å²) in [6, 6.07) is 4.61. The number of nitrogens with zero attached hydrogens (tertiary/aromatic N) is 4. The van der Waals surface area contributed by atoms with Gasteiger partial charge in [-0.15, -0.1) is 0 Å². The highest BCUT2D eigenvalue weighted by Crippen LogP contribution is 2.43. The van der Waals surface area contributed by atoms with Crippen LogP contribution in [0.25, 0.3) is 0 Å². The van der Waals surface area contributed by atoms with Crippen LogP contribution in [0.2, 0.25) is 0 Å². The summed E-state index contributed by atoms with van der Waals surface area (Å²) < 4.78 is 68.6. The number of benzene rings is 1. The van der Waals surface area contributed by atoms with Crippen molar-refractivity contribution in [2.45, 2.75) is 83.0 Å². The van der Waals surface area contributed by atoms with E-state index in [-0.39, 0.29) is 36.6 Å². The van der Waals surface area contributed by atoms with Crippen molar-refractivity contribution in [1.29, 1.82) is 0 Å². The number of carboxylic acids is 1. The fourth-order valence-corrected chi connectivity index (χ4v) is 7.58. The first-order chi connectivity index (χ1) is 24.5. The third kappa shape index (κ3) is 12.4. The number of hydrogen-bond acceptors (Lipinski definition) is 8. The molecular formula is C37H57N5O9S2+2. The van der Waals surface area contributed by atoms with Gasteiger partial charge in [0.2, 0.25) is 11.6 Å². The van der Waals surface area contributed by atoms with Crippen molar-refractivity contribution in [1.82, 2.24) is 10.3 Å². The van der Waals surface area contributed by atoms with Crippen LogP contribution in [0.15, 0.2) is 64.3 Å². The van der Waals surface area contributed by atoms with E-state index in [0.717, 1.165) is 47.3 Å². The van der Waals surface area contributed by atoms with Crippen LogP contribution in [0.1, 0.15) is 78.2 Å². The average molecular weight is 780 g/mol. The molecule has 2 heterocycles. The van der Waals surface area contributed by atoms with Crippen molar-refractivity contribution in [3.05, 3.63) is 59.8 Å². The molecule has 0 bridgehead atoms. The van der Waals surface area contributed by atoms with Crippen LogP contribution < -0.4 is 5.32 Å². The van der Waals surface area contributed by atoms with Gasteiger partial charge in [-0.05, 0) is 71.6 Å². The van der Waals surface area contributed by atoms with Gasteiger partial charge in [0.25, 0.3) is 20.2 Å². The van der Waals surface area contributed by atoms with Crippen molar-refractivity contribution < 1.29 is 49.7 Å². The Hall–Kier alpha value is -3.70. The number of rotatable bonds is 20. The molecule has 2 aliphatic heterocycles. The second-order valence-electron chi connectivity index (χ2n) is 15.5. The lowest BCUT2D eigenvalue weighted by atomic mass is 9.78. The molecule has 1 unspecified atom stereocenters. The minimum absolute atomic E-state index is 0.0311. The number of carbonyl (C=O) groups excluding carboxylic acids is 1. The van der Waals surface area contributed by atoms with Gasteiger partial charge in [-0.25, -0.2) is 0 Å². The Kier molecular flexibility index (Phi) is 14.5. The predicted octanol–water partition coefficient (Wildman–Crippen LogP) is 4.53. The van der Waals surface area contributed by atoms with Crippen LogP contribution in [0.5, 0.6) is 0 Å². The van der Waals surface area contributed by atoms with Crippen molar-refractivity contribution in [3.8, 4) is 0 Å². The molecule has 0 aliphatic carbocycles. The van der Waals surface area contributed by atoms with Crippen molar-refractivity contribution in [2.75, 3.05) is 53.1 Å². The second kappa shape index (κ2) is 17.6. The molecule has 1 amide bonds. The van der Waals surface area contributed by atoms with Crippen LogP contribution in [-0.2, 0) is 35.2 Å². The minimum atomic E-state index is -4.42. The van der Waals surface area contributed by atoms with E-state index in [0.29, 0.717) is 30.9 Å². The van der Waals surface area contributed by atoms with E-state index in [1.165, 1.54) is 12.1 Å². The first-order valence-electron chi connectivity index (χ1n) is 17.9. The van der Waals surface area contributed by atoms with E-state index in [4.69, 9.17) is 0 Å². The molecule has 294 valence electrons. The molecule has 1 atom stereocenters. The largest absolute Gasteiger partial charge is 0.481 e. The van der Waals surface area contributed by atoms with Gasteiger partial charge in [0.15, 0.2) is 5.71 Å². The maximum atomic E-state index is 12.3. The summed E-state index contributed by atoms with van der Waals surface area (Å²) in [5.41, 5.74) is 2.57. The highest BCUT2D eigenvalue weighted by molar-refractivity contribution is 7.86. The molecule has 3 rings (SSSR count). The Balaban J connectivity index is 1.85. The number of likely N-dealkylation sites (N-methyl/N-ethyl adjacent to an activating group) is 1. The SMILES string of the molecule is CC1=NN(CCCS(=O)(=O)O)/C(=C/C=C/C=C/C2=[N+](CCCCCC(=O)NCC[N+](C)(C)C)c3ccc(S(=O)(=O)O)cc3C2(C)C)C1(C)CCC(=O)O. The van der Waals surface area contributed by atoms with E-state index in [1.54, 1.807) is 17.2 Å². The molecule has 1 aromatic carbocycles. The van der Waals surface area contributed by atoms with Crippen molar-refractivity contribution >= 4 is 49.2 Å². The molecule has 16 heteroatoms. The van der Waals surface area contributed by atoms with Crippen LogP contribution >= 0.6 is 0 Å². The Morgan fingerprint density at radius 1 is 0.981 bits per heavy atom. The molecule has 0 radical (unpaired) electrons. The van der Waals surface area contributed by atoms with E-state index < -0.39 is 42.8 Å². The van der Waals surface area contributed by atoms with Gasteiger partial charge in [-0.3, -0.25) is 23.7 Å². The lowest BCUT2D eigenvalue weighted by Crippen LogP contribution is -2.41. The molecule has 1 aromatic rings. The number of allylic oxidation sites excluding steroid dienone is 6. The second-order valence-corrected chi connectivity index (χ2v) is 18.5. The number of quaternary nitrogens is 1. The summed E-state index contributed by atoms with van der Waals surface area (Å²) in [5, 5.41) is 18.6. The van der Waals surface area contributed by atoms with Gasteiger partial charge < -0.3 is 14.9 Å². The van der Waals surface area contributed by atoms with E-state index in [2.05, 4.69) is 36.1 Å². The van der Waals surface area contributed by atoms with Gasteiger partial charge >= 0.3 is 5.97 Å². The normalized spacial score (nSPS) is 19.8. The maximum Gasteiger partial charge on any atom is 0.303 e. The third-order valence-corrected chi connectivity index (χ3v) is 11.5. The molecule has 0 spiro atoms. The van der Waals surface area contributed by atoms with Crippen LogP contribution in [0.4, 0.5) is 5.69 Å². The Morgan fingerprint density at radius 3 is 2.30 bits per heavy atom. The summed E-state index contributed by atoms with van der Waals surface area (Å²) in [4.78, 5) is 23.6. The van der Waals surface area contributed by atoms with Gasteiger partial charge in [-0.2, -0.15) is 26.5 Å².